The predicted molar refractivity (Wildman–Crippen MR) is 83.7 cm³/mol. The van der Waals surface area contributed by atoms with Gasteiger partial charge >= 0.3 is 0 Å². The lowest BCUT2D eigenvalue weighted by atomic mass is 10.2. The Kier molecular flexibility index (Phi) is 4.65. The van der Waals surface area contributed by atoms with Gasteiger partial charge in [0.05, 0.1) is 5.69 Å². The Morgan fingerprint density at radius 2 is 2.00 bits per heavy atom. The number of rotatable bonds is 4. The van der Waals surface area contributed by atoms with Gasteiger partial charge in [-0.2, -0.15) is 0 Å². The van der Waals surface area contributed by atoms with Gasteiger partial charge < -0.3 is 5.73 Å². The van der Waals surface area contributed by atoms with Gasteiger partial charge in [-0.25, -0.2) is 17.5 Å². The Morgan fingerprint density at radius 1 is 1.29 bits per heavy atom. The molecule has 0 saturated carbocycles. The third-order valence-corrected chi connectivity index (χ3v) is 5.08. The van der Waals surface area contributed by atoms with E-state index < -0.39 is 15.8 Å². The van der Waals surface area contributed by atoms with E-state index in [0.717, 1.165) is 0 Å². The maximum absolute atomic E-state index is 13.6. The van der Waals surface area contributed by atoms with Gasteiger partial charge in [-0.05, 0) is 36.8 Å². The van der Waals surface area contributed by atoms with Crippen molar-refractivity contribution in [2.45, 2.75) is 18.4 Å². The van der Waals surface area contributed by atoms with Gasteiger partial charge in [0.15, 0.2) is 0 Å². The Labute approximate surface area is 131 Å². The molecular formula is C14H14BrFN2O2S. The number of nitrogens with one attached hydrogen (secondary N) is 1. The molecule has 4 nitrogen and oxygen atoms in total. The molecule has 3 N–H and O–H groups in total. The summed E-state index contributed by atoms with van der Waals surface area (Å²) >= 11 is 3.22. The highest BCUT2D eigenvalue weighted by Gasteiger charge is 2.20. The summed E-state index contributed by atoms with van der Waals surface area (Å²) < 4.78 is 41.3. The van der Waals surface area contributed by atoms with E-state index in [9.17, 15) is 12.8 Å². The van der Waals surface area contributed by atoms with Gasteiger partial charge in [0.25, 0.3) is 0 Å². The van der Waals surface area contributed by atoms with Crippen LogP contribution in [0, 0.1) is 12.7 Å². The van der Waals surface area contributed by atoms with Crippen LogP contribution in [-0.4, -0.2) is 8.42 Å². The number of nitrogens with two attached hydrogens (primary N) is 1. The summed E-state index contributed by atoms with van der Waals surface area (Å²) in [4.78, 5) is 0.0282. The van der Waals surface area contributed by atoms with Crippen LogP contribution in [0.1, 0.15) is 11.1 Å². The normalized spacial score (nSPS) is 11.6. The largest absolute Gasteiger partial charge is 0.398 e. The summed E-state index contributed by atoms with van der Waals surface area (Å²) in [6.07, 6.45) is 0. The molecule has 0 aliphatic rings. The maximum atomic E-state index is 13.6. The van der Waals surface area contributed by atoms with Crippen LogP contribution in [0.4, 0.5) is 10.1 Å². The molecule has 0 saturated heterocycles. The lowest BCUT2D eigenvalue weighted by Gasteiger charge is -2.12. The second-order valence-corrected chi connectivity index (χ2v) is 7.17. The minimum absolute atomic E-state index is 0.0282. The molecular weight excluding hydrogens is 359 g/mol. The van der Waals surface area contributed by atoms with E-state index in [0.29, 0.717) is 10.0 Å². The Hall–Kier alpha value is -1.44. The van der Waals surface area contributed by atoms with E-state index in [1.165, 1.54) is 18.2 Å². The summed E-state index contributed by atoms with van der Waals surface area (Å²) in [5, 5.41) is 0. The molecule has 7 heteroatoms. The first-order chi connectivity index (χ1) is 9.81. The third-order valence-electron chi connectivity index (χ3n) is 2.97. The molecule has 0 bridgehead atoms. The molecule has 0 aliphatic carbocycles. The van der Waals surface area contributed by atoms with Crippen LogP contribution >= 0.6 is 15.9 Å². The number of benzene rings is 2. The van der Waals surface area contributed by atoms with Crippen molar-refractivity contribution in [2.24, 2.45) is 0 Å². The highest BCUT2D eigenvalue weighted by Crippen LogP contribution is 2.23. The van der Waals surface area contributed by atoms with Crippen molar-refractivity contribution >= 4 is 31.6 Å². The van der Waals surface area contributed by atoms with Crippen LogP contribution < -0.4 is 10.5 Å². The number of nitrogen functional groups attached to an aromatic ring is 1. The van der Waals surface area contributed by atoms with Crippen molar-refractivity contribution < 1.29 is 12.8 Å². The lowest BCUT2D eigenvalue weighted by molar-refractivity contribution is 0.574. The summed E-state index contributed by atoms with van der Waals surface area (Å²) in [6.45, 7) is 1.51. The zero-order valence-corrected chi connectivity index (χ0v) is 13.6. The fraction of sp³-hybridized carbons (Fsp3) is 0.143. The predicted octanol–water partition coefficient (Wildman–Crippen LogP) is 2.96. The topological polar surface area (TPSA) is 72.2 Å². The molecule has 0 spiro atoms. The SMILES string of the molecule is Cc1cccc(N)c1S(=O)(=O)NCc1cc(Br)ccc1F. The average molecular weight is 373 g/mol. The van der Waals surface area contributed by atoms with Gasteiger partial charge in [0, 0.05) is 16.6 Å². The fourth-order valence-corrected chi connectivity index (χ4v) is 3.73. The smallest absolute Gasteiger partial charge is 0.243 e. The number of halogens is 2. The molecule has 0 amide bonds. The number of aryl methyl sites for hydroxylation is 1. The van der Waals surface area contributed by atoms with E-state index in [1.54, 1.807) is 25.1 Å². The van der Waals surface area contributed by atoms with Crippen molar-refractivity contribution in [3.8, 4) is 0 Å². The van der Waals surface area contributed by atoms with Gasteiger partial charge in [0.1, 0.15) is 10.7 Å². The number of hydrogen-bond donors (Lipinski definition) is 2. The van der Waals surface area contributed by atoms with Crippen molar-refractivity contribution in [3.05, 3.63) is 57.8 Å². The molecule has 0 unspecified atom stereocenters. The Bertz CT molecular complexity index is 758. The quantitative estimate of drug-likeness (QED) is 0.810. The molecule has 0 fully saturated rings. The van der Waals surface area contributed by atoms with E-state index >= 15 is 0 Å². The monoisotopic (exact) mass is 372 g/mol. The van der Waals surface area contributed by atoms with Crippen LogP contribution in [0.5, 0.6) is 0 Å². The minimum Gasteiger partial charge on any atom is -0.398 e. The van der Waals surface area contributed by atoms with Crippen LogP contribution in [0.2, 0.25) is 0 Å². The maximum Gasteiger partial charge on any atom is 0.243 e. The van der Waals surface area contributed by atoms with Crippen LogP contribution in [-0.2, 0) is 16.6 Å². The fourth-order valence-electron chi connectivity index (χ4n) is 1.97. The van der Waals surface area contributed by atoms with Gasteiger partial charge in [-0.15, -0.1) is 0 Å². The zero-order chi connectivity index (χ0) is 15.6. The first-order valence-corrected chi connectivity index (χ1v) is 8.37. The second-order valence-electron chi connectivity index (χ2n) is 4.55. The second kappa shape index (κ2) is 6.13. The summed E-state index contributed by atoms with van der Waals surface area (Å²) in [6, 6.07) is 9.20. The van der Waals surface area contributed by atoms with Gasteiger partial charge in [-0.1, -0.05) is 28.1 Å². The van der Waals surface area contributed by atoms with Gasteiger partial charge in [0.2, 0.25) is 10.0 Å². The van der Waals surface area contributed by atoms with E-state index in [4.69, 9.17) is 5.73 Å². The summed E-state index contributed by atoms with van der Waals surface area (Å²) in [7, 11) is -3.81. The average Bonchev–Trinajstić information content (AvgIpc) is 2.39. The van der Waals surface area contributed by atoms with Crippen LogP contribution in [0.3, 0.4) is 0 Å². The summed E-state index contributed by atoms with van der Waals surface area (Å²) in [5.41, 5.74) is 6.68. The number of anilines is 1. The Morgan fingerprint density at radius 3 is 2.67 bits per heavy atom. The van der Waals surface area contributed by atoms with E-state index in [2.05, 4.69) is 20.7 Å². The number of hydrogen-bond acceptors (Lipinski definition) is 3. The lowest BCUT2D eigenvalue weighted by Crippen LogP contribution is -2.25. The molecule has 0 aromatic heterocycles. The minimum atomic E-state index is -3.81. The molecule has 2 rings (SSSR count). The molecule has 2 aromatic rings. The van der Waals surface area contributed by atoms with Crippen LogP contribution in [0.25, 0.3) is 0 Å². The van der Waals surface area contributed by atoms with Crippen molar-refractivity contribution in [1.29, 1.82) is 0 Å². The van der Waals surface area contributed by atoms with Crippen molar-refractivity contribution in [3.63, 3.8) is 0 Å². The molecule has 112 valence electrons. The van der Waals surface area contributed by atoms with E-state index in [1.807, 2.05) is 0 Å². The highest BCUT2D eigenvalue weighted by atomic mass is 79.9. The Balaban J connectivity index is 2.28. The first-order valence-electron chi connectivity index (χ1n) is 6.10. The first kappa shape index (κ1) is 15.9. The van der Waals surface area contributed by atoms with Gasteiger partial charge in [-0.3, -0.25) is 0 Å². The van der Waals surface area contributed by atoms with Crippen LogP contribution in [0.15, 0.2) is 45.8 Å². The van der Waals surface area contributed by atoms with Crippen molar-refractivity contribution in [2.75, 3.05) is 5.73 Å². The molecule has 2 aromatic carbocycles. The molecule has 0 atom stereocenters. The third kappa shape index (κ3) is 3.61. The standard InChI is InChI=1S/C14H14BrFN2O2S/c1-9-3-2-4-13(17)14(9)21(19,20)18-8-10-7-11(15)5-6-12(10)16/h2-7,18H,8,17H2,1H3. The highest BCUT2D eigenvalue weighted by molar-refractivity contribution is 9.10. The zero-order valence-electron chi connectivity index (χ0n) is 11.2. The number of sulfonamides is 1. The van der Waals surface area contributed by atoms with Crippen molar-refractivity contribution in [1.82, 2.24) is 4.72 Å². The van der Waals surface area contributed by atoms with E-state index in [-0.39, 0.29) is 22.7 Å². The molecule has 21 heavy (non-hydrogen) atoms. The molecule has 0 aliphatic heterocycles. The molecule has 0 radical (unpaired) electrons. The summed E-state index contributed by atoms with van der Waals surface area (Å²) in [5.74, 6) is -0.473. The molecule has 0 heterocycles.